The summed E-state index contributed by atoms with van der Waals surface area (Å²) < 4.78 is 1.95. The van der Waals surface area contributed by atoms with Gasteiger partial charge in [-0.05, 0) is 25.0 Å². The van der Waals surface area contributed by atoms with Gasteiger partial charge in [0.25, 0.3) is 0 Å². The maximum atomic E-state index is 12.5. The van der Waals surface area contributed by atoms with Crippen LogP contribution in [0.5, 0.6) is 0 Å². The molecule has 0 unspecified atom stereocenters. The molecule has 7 nitrogen and oxygen atoms in total. The van der Waals surface area contributed by atoms with E-state index in [4.69, 9.17) is 0 Å². The van der Waals surface area contributed by atoms with Crippen molar-refractivity contribution >= 4 is 11.7 Å². The summed E-state index contributed by atoms with van der Waals surface area (Å²) in [6.45, 7) is 6.20. The minimum atomic E-state index is -0.00626. The summed E-state index contributed by atoms with van der Waals surface area (Å²) in [5.41, 5.74) is 0. The average Bonchev–Trinajstić information content (AvgIpc) is 3.13. The molecule has 0 saturated carbocycles. The maximum absolute atomic E-state index is 12.5. The molecular weight excluding hydrogens is 304 g/mol. The lowest BCUT2D eigenvalue weighted by molar-refractivity contribution is -0.125. The van der Waals surface area contributed by atoms with Gasteiger partial charge in [-0.1, -0.05) is 13.0 Å². The molecule has 1 aliphatic heterocycles. The number of nitrogens with zero attached hydrogens (tertiary/aromatic N) is 5. The lowest BCUT2D eigenvalue weighted by Crippen LogP contribution is -2.36. The first kappa shape index (κ1) is 16.4. The van der Waals surface area contributed by atoms with Gasteiger partial charge >= 0.3 is 0 Å². The Hall–Kier alpha value is -2.44. The molecule has 1 aliphatic rings. The van der Waals surface area contributed by atoms with Crippen molar-refractivity contribution in [2.45, 2.75) is 20.3 Å². The van der Waals surface area contributed by atoms with E-state index >= 15 is 0 Å². The predicted octanol–water partition coefficient (Wildman–Crippen LogP) is 0.950. The van der Waals surface area contributed by atoms with Crippen molar-refractivity contribution in [2.24, 2.45) is 18.9 Å². The van der Waals surface area contributed by atoms with Crippen LogP contribution in [-0.2, 0) is 18.3 Å². The van der Waals surface area contributed by atoms with E-state index < -0.39 is 0 Å². The van der Waals surface area contributed by atoms with Crippen LogP contribution >= 0.6 is 0 Å². The first-order valence-corrected chi connectivity index (χ1v) is 8.35. The quantitative estimate of drug-likeness (QED) is 0.884. The van der Waals surface area contributed by atoms with Gasteiger partial charge < -0.3 is 14.8 Å². The minimum absolute atomic E-state index is 0.00626. The lowest BCUT2D eigenvalue weighted by atomic mass is 9.97. The Morgan fingerprint density at radius 1 is 1.33 bits per heavy atom. The Bertz CT molecular complexity index is 698. The summed E-state index contributed by atoms with van der Waals surface area (Å²) in [6.07, 6.45) is 2.48. The van der Waals surface area contributed by atoms with Crippen molar-refractivity contribution < 1.29 is 4.79 Å². The first-order chi connectivity index (χ1) is 11.6. The minimum Gasteiger partial charge on any atom is -0.356 e. The van der Waals surface area contributed by atoms with Crippen molar-refractivity contribution in [3.05, 3.63) is 36.0 Å². The van der Waals surface area contributed by atoms with Gasteiger partial charge in [-0.2, -0.15) is 0 Å². The molecule has 2 aromatic heterocycles. The average molecular weight is 328 g/mol. The zero-order chi connectivity index (χ0) is 17.1. The number of aryl methyl sites for hydroxylation is 1. The molecule has 1 fully saturated rings. The second kappa shape index (κ2) is 6.98. The van der Waals surface area contributed by atoms with Crippen LogP contribution in [0.2, 0.25) is 0 Å². The van der Waals surface area contributed by atoms with Gasteiger partial charge in [0.05, 0.1) is 5.92 Å². The summed E-state index contributed by atoms with van der Waals surface area (Å²) in [7, 11) is 1.94. The molecule has 1 saturated heterocycles. The molecule has 3 heterocycles. The molecular formula is C17H24N6O. The van der Waals surface area contributed by atoms with Crippen molar-refractivity contribution in [2.75, 3.05) is 24.5 Å². The molecule has 7 heteroatoms. The van der Waals surface area contributed by atoms with E-state index in [1.54, 1.807) is 6.20 Å². The smallest absolute Gasteiger partial charge is 0.225 e. The third kappa shape index (κ3) is 3.39. The fourth-order valence-corrected chi connectivity index (χ4v) is 3.13. The summed E-state index contributed by atoms with van der Waals surface area (Å²) in [5.74, 6) is 3.13. The second-order valence-electron chi connectivity index (χ2n) is 6.44. The number of rotatable bonds is 5. The number of anilines is 1. The van der Waals surface area contributed by atoms with E-state index in [0.29, 0.717) is 25.4 Å². The highest BCUT2D eigenvalue weighted by Gasteiger charge is 2.35. The van der Waals surface area contributed by atoms with Gasteiger partial charge in [-0.3, -0.25) is 4.79 Å². The number of pyridine rings is 1. The Morgan fingerprint density at radius 2 is 2.17 bits per heavy atom. The van der Waals surface area contributed by atoms with Crippen LogP contribution in [0.4, 0.5) is 5.82 Å². The number of nitrogens with one attached hydrogen (secondary N) is 1. The highest BCUT2D eigenvalue weighted by Crippen LogP contribution is 2.26. The van der Waals surface area contributed by atoms with Crippen LogP contribution in [0, 0.1) is 18.8 Å². The zero-order valence-corrected chi connectivity index (χ0v) is 14.4. The highest BCUT2D eigenvalue weighted by atomic mass is 16.1. The molecule has 0 aliphatic carbocycles. The SMILES string of the molecule is Cc1nnc(CCNC(=O)[C@@H]2CN(c3ccccn3)C[C@H]2C)n1C. The van der Waals surface area contributed by atoms with Crippen LogP contribution in [0.1, 0.15) is 18.6 Å². The third-order valence-corrected chi connectivity index (χ3v) is 4.75. The molecule has 3 rings (SSSR count). The van der Waals surface area contributed by atoms with Crippen LogP contribution in [0.3, 0.4) is 0 Å². The van der Waals surface area contributed by atoms with Crippen LogP contribution in [-0.4, -0.2) is 45.3 Å². The number of amides is 1. The molecule has 128 valence electrons. The molecule has 1 N–H and O–H groups in total. The van der Waals surface area contributed by atoms with Crippen molar-refractivity contribution in [3.8, 4) is 0 Å². The van der Waals surface area contributed by atoms with E-state index in [1.807, 2.05) is 36.7 Å². The molecule has 0 radical (unpaired) electrons. The van der Waals surface area contributed by atoms with E-state index in [1.165, 1.54) is 0 Å². The largest absolute Gasteiger partial charge is 0.356 e. The van der Waals surface area contributed by atoms with Crippen molar-refractivity contribution in [1.29, 1.82) is 0 Å². The topological polar surface area (TPSA) is 75.9 Å². The Labute approximate surface area is 142 Å². The molecule has 2 atom stereocenters. The van der Waals surface area contributed by atoms with Crippen LogP contribution in [0.25, 0.3) is 0 Å². The van der Waals surface area contributed by atoms with Crippen molar-refractivity contribution in [3.63, 3.8) is 0 Å². The number of hydrogen-bond acceptors (Lipinski definition) is 5. The summed E-state index contributed by atoms with van der Waals surface area (Å²) in [5, 5.41) is 11.2. The normalized spacial score (nSPS) is 20.4. The van der Waals surface area contributed by atoms with E-state index in [2.05, 4.69) is 32.3 Å². The zero-order valence-electron chi connectivity index (χ0n) is 14.4. The Morgan fingerprint density at radius 3 is 2.83 bits per heavy atom. The number of carbonyl (C=O) groups is 1. The standard InChI is InChI=1S/C17H24N6O/c1-12-10-23(15-6-4-5-8-18-15)11-14(12)17(24)19-9-7-16-21-20-13(2)22(16)3/h4-6,8,12,14H,7,9-11H2,1-3H3,(H,19,24)/t12-,14-/m1/s1. The molecule has 0 spiro atoms. The Balaban J connectivity index is 1.52. The fourth-order valence-electron chi connectivity index (χ4n) is 3.13. The predicted molar refractivity (Wildman–Crippen MR) is 91.6 cm³/mol. The number of aromatic nitrogens is 4. The lowest BCUT2D eigenvalue weighted by Gasteiger charge is -2.17. The molecule has 1 amide bonds. The van der Waals surface area contributed by atoms with Gasteiger partial charge in [0.15, 0.2) is 0 Å². The Kier molecular flexibility index (Phi) is 4.78. The summed E-state index contributed by atoms with van der Waals surface area (Å²) >= 11 is 0. The summed E-state index contributed by atoms with van der Waals surface area (Å²) in [4.78, 5) is 19.1. The van der Waals surface area contributed by atoms with Gasteiger partial charge in [0.1, 0.15) is 17.5 Å². The summed E-state index contributed by atoms with van der Waals surface area (Å²) in [6, 6.07) is 5.87. The van der Waals surface area contributed by atoms with Gasteiger partial charge in [-0.25, -0.2) is 4.98 Å². The molecule has 24 heavy (non-hydrogen) atoms. The van der Waals surface area contributed by atoms with Gasteiger partial charge in [0.2, 0.25) is 5.91 Å². The van der Waals surface area contributed by atoms with Crippen LogP contribution in [0.15, 0.2) is 24.4 Å². The number of hydrogen-bond donors (Lipinski definition) is 1. The second-order valence-corrected chi connectivity index (χ2v) is 6.44. The first-order valence-electron chi connectivity index (χ1n) is 8.35. The third-order valence-electron chi connectivity index (χ3n) is 4.75. The van der Waals surface area contributed by atoms with Gasteiger partial charge in [0, 0.05) is 39.3 Å². The molecule has 2 aromatic rings. The van der Waals surface area contributed by atoms with Gasteiger partial charge in [-0.15, -0.1) is 10.2 Å². The maximum Gasteiger partial charge on any atom is 0.225 e. The van der Waals surface area contributed by atoms with Crippen molar-refractivity contribution in [1.82, 2.24) is 25.1 Å². The molecule has 0 aromatic carbocycles. The fraction of sp³-hybridized carbons (Fsp3) is 0.529. The van der Waals surface area contributed by atoms with Crippen LogP contribution < -0.4 is 10.2 Å². The number of carbonyl (C=O) groups excluding carboxylic acids is 1. The van der Waals surface area contributed by atoms with E-state index in [0.717, 1.165) is 24.0 Å². The van der Waals surface area contributed by atoms with E-state index in [-0.39, 0.29) is 11.8 Å². The van der Waals surface area contributed by atoms with E-state index in [9.17, 15) is 4.79 Å². The highest BCUT2D eigenvalue weighted by molar-refractivity contribution is 5.80. The molecule has 0 bridgehead atoms. The monoisotopic (exact) mass is 328 g/mol.